The summed E-state index contributed by atoms with van der Waals surface area (Å²) in [5.74, 6) is 0.818. The molecule has 138 valence electrons. The van der Waals surface area contributed by atoms with Gasteiger partial charge >= 0.3 is 0 Å². The molecule has 0 spiro atoms. The highest BCUT2D eigenvalue weighted by Gasteiger charge is 2.24. The van der Waals surface area contributed by atoms with Crippen molar-refractivity contribution in [2.24, 2.45) is 0 Å². The lowest BCUT2D eigenvalue weighted by Gasteiger charge is -2.27. The Morgan fingerprint density at radius 1 is 1.00 bits per heavy atom. The van der Waals surface area contributed by atoms with E-state index in [2.05, 4.69) is 17.6 Å². The van der Waals surface area contributed by atoms with Gasteiger partial charge in [-0.3, -0.25) is 4.79 Å². The first-order valence-electron chi connectivity index (χ1n) is 9.43. The summed E-state index contributed by atoms with van der Waals surface area (Å²) in [4.78, 5) is 13.0. The van der Waals surface area contributed by atoms with Crippen LogP contribution in [0.2, 0.25) is 0 Å². The third-order valence-corrected chi connectivity index (χ3v) is 5.03. The quantitative estimate of drug-likeness (QED) is 0.798. The smallest absolute Gasteiger partial charge is 0.247 e. The summed E-state index contributed by atoms with van der Waals surface area (Å²) in [5.41, 5.74) is 3.07. The van der Waals surface area contributed by atoms with Gasteiger partial charge in [-0.15, -0.1) is 0 Å². The number of hydrogen-bond acceptors (Lipinski definition) is 3. The molecule has 1 atom stereocenters. The number of methoxy groups -OCH3 is 1. The van der Waals surface area contributed by atoms with Crippen LogP contribution >= 0.6 is 0 Å². The third kappa shape index (κ3) is 4.78. The summed E-state index contributed by atoms with van der Waals surface area (Å²) in [7, 11) is 1.65. The summed E-state index contributed by atoms with van der Waals surface area (Å²) in [6, 6.07) is 15.7. The van der Waals surface area contributed by atoms with E-state index in [1.807, 2.05) is 48.5 Å². The van der Waals surface area contributed by atoms with Gasteiger partial charge in [-0.1, -0.05) is 49.1 Å². The van der Waals surface area contributed by atoms with Gasteiger partial charge in [0.2, 0.25) is 5.91 Å². The minimum atomic E-state index is -0.425. The van der Waals surface area contributed by atoms with Crippen LogP contribution in [0.25, 0.3) is 0 Å². The van der Waals surface area contributed by atoms with E-state index in [-0.39, 0.29) is 11.9 Å². The molecule has 26 heavy (non-hydrogen) atoms. The number of aryl methyl sites for hydroxylation is 1. The van der Waals surface area contributed by atoms with Gasteiger partial charge in [0.1, 0.15) is 11.8 Å². The molecule has 0 bridgehead atoms. The van der Waals surface area contributed by atoms with Gasteiger partial charge in [-0.25, -0.2) is 0 Å². The molecule has 2 aromatic rings. The Hall–Kier alpha value is -2.49. The van der Waals surface area contributed by atoms with Crippen LogP contribution < -0.4 is 15.4 Å². The second-order valence-electron chi connectivity index (χ2n) is 7.06. The van der Waals surface area contributed by atoms with Crippen molar-refractivity contribution in [2.45, 2.75) is 51.1 Å². The number of carbonyl (C=O) groups is 1. The molecule has 2 N–H and O–H groups in total. The van der Waals surface area contributed by atoms with E-state index in [0.717, 1.165) is 29.8 Å². The van der Waals surface area contributed by atoms with Crippen molar-refractivity contribution in [2.75, 3.05) is 12.4 Å². The number of nitrogens with one attached hydrogen (secondary N) is 2. The molecule has 0 saturated heterocycles. The molecule has 0 aliphatic heterocycles. The van der Waals surface area contributed by atoms with Crippen LogP contribution in [-0.4, -0.2) is 19.1 Å². The van der Waals surface area contributed by atoms with E-state index < -0.39 is 6.04 Å². The van der Waals surface area contributed by atoms with E-state index in [9.17, 15) is 4.79 Å². The number of benzene rings is 2. The molecule has 3 rings (SSSR count). The SMILES string of the molecule is COc1ccc([C@@H](Nc2ccc(C)cc2)C(=O)NC2CCCCC2)cc1. The maximum atomic E-state index is 13.0. The maximum Gasteiger partial charge on any atom is 0.247 e. The van der Waals surface area contributed by atoms with Crippen LogP contribution in [0.1, 0.15) is 49.3 Å². The molecular weight excluding hydrogens is 324 g/mol. The predicted octanol–water partition coefficient (Wildman–Crippen LogP) is 4.61. The van der Waals surface area contributed by atoms with Crippen molar-refractivity contribution in [3.63, 3.8) is 0 Å². The minimum absolute atomic E-state index is 0.0302. The van der Waals surface area contributed by atoms with Gasteiger partial charge < -0.3 is 15.4 Å². The van der Waals surface area contributed by atoms with Gasteiger partial charge in [0, 0.05) is 11.7 Å². The van der Waals surface area contributed by atoms with E-state index >= 15 is 0 Å². The van der Waals surface area contributed by atoms with Crippen LogP contribution in [0.5, 0.6) is 5.75 Å². The Morgan fingerprint density at radius 3 is 2.27 bits per heavy atom. The molecule has 1 aliphatic rings. The van der Waals surface area contributed by atoms with Crippen molar-refractivity contribution in [1.82, 2.24) is 5.32 Å². The summed E-state index contributed by atoms with van der Waals surface area (Å²) >= 11 is 0. The summed E-state index contributed by atoms with van der Waals surface area (Å²) < 4.78 is 5.24. The fourth-order valence-electron chi connectivity index (χ4n) is 3.44. The zero-order chi connectivity index (χ0) is 18.4. The average molecular weight is 352 g/mol. The lowest BCUT2D eigenvalue weighted by Crippen LogP contribution is -2.41. The first-order valence-corrected chi connectivity index (χ1v) is 9.43. The summed E-state index contributed by atoms with van der Waals surface area (Å²) in [6.45, 7) is 2.06. The van der Waals surface area contributed by atoms with Crippen molar-refractivity contribution in [3.05, 3.63) is 59.7 Å². The molecule has 0 radical (unpaired) electrons. The van der Waals surface area contributed by atoms with E-state index in [1.54, 1.807) is 7.11 Å². The number of hydrogen-bond donors (Lipinski definition) is 2. The molecule has 1 aliphatic carbocycles. The van der Waals surface area contributed by atoms with Crippen LogP contribution in [-0.2, 0) is 4.79 Å². The van der Waals surface area contributed by atoms with Crippen LogP contribution in [0.4, 0.5) is 5.69 Å². The molecule has 0 aromatic heterocycles. The number of amides is 1. The maximum absolute atomic E-state index is 13.0. The summed E-state index contributed by atoms with van der Waals surface area (Å²) in [5, 5.41) is 6.64. The van der Waals surface area contributed by atoms with Gasteiger partial charge in [0.25, 0.3) is 0 Å². The minimum Gasteiger partial charge on any atom is -0.497 e. The van der Waals surface area contributed by atoms with E-state index in [4.69, 9.17) is 4.74 Å². The Kier molecular flexibility index (Phi) is 6.16. The monoisotopic (exact) mass is 352 g/mol. The van der Waals surface area contributed by atoms with Gasteiger partial charge in [0.15, 0.2) is 0 Å². The Balaban J connectivity index is 1.79. The average Bonchev–Trinajstić information content (AvgIpc) is 2.68. The zero-order valence-corrected chi connectivity index (χ0v) is 15.6. The lowest BCUT2D eigenvalue weighted by molar-refractivity contribution is -0.122. The van der Waals surface area contributed by atoms with Crippen molar-refractivity contribution >= 4 is 11.6 Å². The highest BCUT2D eigenvalue weighted by molar-refractivity contribution is 5.86. The second kappa shape index (κ2) is 8.75. The van der Waals surface area contributed by atoms with Crippen LogP contribution in [0, 0.1) is 6.92 Å². The van der Waals surface area contributed by atoms with E-state index in [1.165, 1.54) is 24.8 Å². The van der Waals surface area contributed by atoms with Crippen molar-refractivity contribution in [3.8, 4) is 5.75 Å². The molecule has 4 nitrogen and oxygen atoms in total. The van der Waals surface area contributed by atoms with Gasteiger partial charge in [-0.2, -0.15) is 0 Å². The molecule has 0 heterocycles. The topological polar surface area (TPSA) is 50.4 Å². The van der Waals surface area contributed by atoms with Crippen LogP contribution in [0.15, 0.2) is 48.5 Å². The number of anilines is 1. The number of ether oxygens (including phenoxy) is 1. The standard InChI is InChI=1S/C22H28N2O2/c1-16-8-12-19(13-9-16)23-21(17-10-14-20(26-2)15-11-17)22(25)24-18-6-4-3-5-7-18/h8-15,18,21,23H,3-7H2,1-2H3,(H,24,25)/t21-/m1/s1. The van der Waals surface area contributed by atoms with E-state index in [0.29, 0.717) is 0 Å². The molecule has 0 unspecified atom stereocenters. The Bertz CT molecular complexity index is 704. The molecule has 1 amide bonds. The highest BCUT2D eigenvalue weighted by atomic mass is 16.5. The van der Waals surface area contributed by atoms with Crippen molar-refractivity contribution < 1.29 is 9.53 Å². The summed E-state index contributed by atoms with van der Waals surface area (Å²) in [6.07, 6.45) is 5.82. The predicted molar refractivity (Wildman–Crippen MR) is 106 cm³/mol. The zero-order valence-electron chi connectivity index (χ0n) is 15.6. The second-order valence-corrected chi connectivity index (χ2v) is 7.06. The molecule has 1 fully saturated rings. The van der Waals surface area contributed by atoms with Crippen LogP contribution in [0.3, 0.4) is 0 Å². The Labute approximate surface area is 156 Å². The Morgan fingerprint density at radius 2 is 1.65 bits per heavy atom. The third-order valence-electron chi connectivity index (χ3n) is 5.03. The fraction of sp³-hybridized carbons (Fsp3) is 0.409. The lowest BCUT2D eigenvalue weighted by atomic mass is 9.95. The first kappa shape index (κ1) is 18.3. The number of rotatable bonds is 6. The molecular formula is C22H28N2O2. The normalized spacial score (nSPS) is 15.9. The van der Waals surface area contributed by atoms with Crippen molar-refractivity contribution in [1.29, 1.82) is 0 Å². The fourth-order valence-corrected chi connectivity index (χ4v) is 3.44. The largest absolute Gasteiger partial charge is 0.497 e. The molecule has 4 heteroatoms. The van der Waals surface area contributed by atoms with Gasteiger partial charge in [0.05, 0.1) is 7.11 Å². The molecule has 2 aromatic carbocycles. The highest BCUT2D eigenvalue weighted by Crippen LogP contribution is 2.24. The number of carbonyl (C=O) groups excluding carboxylic acids is 1. The molecule has 1 saturated carbocycles. The van der Waals surface area contributed by atoms with Gasteiger partial charge in [-0.05, 0) is 49.6 Å². The first-order chi connectivity index (χ1) is 12.7.